The molecule has 0 aliphatic heterocycles. The van der Waals surface area contributed by atoms with E-state index < -0.39 is 12.2 Å². The summed E-state index contributed by atoms with van der Waals surface area (Å²) in [5, 5.41) is 0. The predicted octanol–water partition coefficient (Wildman–Crippen LogP) is 2.03. The SMILES string of the molecule is CCc1cc(OC(N)=O)c(CC)c(OC(N)=O)c1C. The molecule has 0 aliphatic rings. The van der Waals surface area contributed by atoms with Gasteiger partial charge in [-0.2, -0.15) is 0 Å². The Morgan fingerprint density at radius 1 is 1.11 bits per heavy atom. The number of hydrogen-bond donors (Lipinski definition) is 2. The van der Waals surface area contributed by atoms with Crippen LogP contribution in [0.15, 0.2) is 6.07 Å². The van der Waals surface area contributed by atoms with E-state index in [4.69, 9.17) is 20.9 Å². The Hall–Kier alpha value is -2.24. The summed E-state index contributed by atoms with van der Waals surface area (Å²) >= 11 is 0. The van der Waals surface area contributed by atoms with Gasteiger partial charge >= 0.3 is 12.2 Å². The molecule has 4 N–H and O–H groups in total. The molecule has 6 nitrogen and oxygen atoms in total. The molecule has 19 heavy (non-hydrogen) atoms. The number of primary amides is 2. The van der Waals surface area contributed by atoms with Crippen LogP contribution >= 0.6 is 0 Å². The number of carbonyl (C=O) groups is 2. The summed E-state index contributed by atoms with van der Waals surface area (Å²) in [6.45, 7) is 5.61. The van der Waals surface area contributed by atoms with Gasteiger partial charge in [-0.1, -0.05) is 13.8 Å². The second kappa shape index (κ2) is 6.08. The summed E-state index contributed by atoms with van der Waals surface area (Å²) in [5.41, 5.74) is 12.4. The number of aryl methyl sites for hydroxylation is 1. The van der Waals surface area contributed by atoms with Crippen molar-refractivity contribution in [2.75, 3.05) is 0 Å². The summed E-state index contributed by atoms with van der Waals surface area (Å²) in [6, 6.07) is 1.73. The molecular weight excluding hydrogens is 248 g/mol. The van der Waals surface area contributed by atoms with Crippen molar-refractivity contribution in [3.05, 3.63) is 22.8 Å². The van der Waals surface area contributed by atoms with E-state index in [0.29, 0.717) is 29.9 Å². The molecule has 0 atom stereocenters. The topological polar surface area (TPSA) is 105 Å². The van der Waals surface area contributed by atoms with Crippen LogP contribution in [-0.4, -0.2) is 12.2 Å². The van der Waals surface area contributed by atoms with Crippen LogP contribution in [0.1, 0.15) is 30.5 Å². The van der Waals surface area contributed by atoms with Gasteiger partial charge in [0.25, 0.3) is 0 Å². The Morgan fingerprint density at radius 3 is 2.11 bits per heavy atom. The molecule has 6 heteroatoms. The van der Waals surface area contributed by atoms with Crippen LogP contribution in [0.4, 0.5) is 9.59 Å². The first-order valence-corrected chi connectivity index (χ1v) is 6.00. The normalized spacial score (nSPS) is 10.1. The Kier molecular flexibility index (Phi) is 4.74. The van der Waals surface area contributed by atoms with E-state index in [0.717, 1.165) is 11.1 Å². The van der Waals surface area contributed by atoms with Crippen molar-refractivity contribution in [3.63, 3.8) is 0 Å². The molecule has 1 aromatic rings. The van der Waals surface area contributed by atoms with Crippen molar-refractivity contribution >= 4 is 12.2 Å². The number of benzene rings is 1. The van der Waals surface area contributed by atoms with E-state index in [-0.39, 0.29) is 0 Å². The number of carbonyl (C=O) groups excluding carboxylic acids is 2. The molecule has 0 unspecified atom stereocenters. The van der Waals surface area contributed by atoms with Crippen molar-refractivity contribution in [2.24, 2.45) is 11.5 Å². The van der Waals surface area contributed by atoms with Crippen LogP contribution in [0, 0.1) is 6.92 Å². The predicted molar refractivity (Wildman–Crippen MR) is 70.4 cm³/mol. The maximum Gasteiger partial charge on any atom is 0.409 e. The summed E-state index contributed by atoms with van der Waals surface area (Å²) in [4.78, 5) is 21.9. The maximum atomic E-state index is 11.0. The molecule has 1 aromatic carbocycles. The molecule has 0 bridgehead atoms. The highest BCUT2D eigenvalue weighted by atomic mass is 16.6. The number of rotatable bonds is 4. The van der Waals surface area contributed by atoms with Gasteiger partial charge in [0.15, 0.2) is 0 Å². The zero-order valence-electron chi connectivity index (χ0n) is 11.3. The molecule has 0 spiro atoms. The van der Waals surface area contributed by atoms with Crippen molar-refractivity contribution in [2.45, 2.75) is 33.6 Å². The van der Waals surface area contributed by atoms with Gasteiger partial charge < -0.3 is 20.9 Å². The van der Waals surface area contributed by atoms with Gasteiger partial charge in [0.05, 0.1) is 0 Å². The lowest BCUT2D eigenvalue weighted by Crippen LogP contribution is -2.20. The Morgan fingerprint density at radius 2 is 1.68 bits per heavy atom. The molecule has 0 heterocycles. The molecule has 0 radical (unpaired) electrons. The van der Waals surface area contributed by atoms with Crippen LogP contribution in [0.25, 0.3) is 0 Å². The highest BCUT2D eigenvalue weighted by Gasteiger charge is 2.19. The molecule has 2 amide bonds. The van der Waals surface area contributed by atoms with Crippen LogP contribution in [0.2, 0.25) is 0 Å². The summed E-state index contributed by atoms with van der Waals surface area (Å²) < 4.78 is 10.0. The van der Waals surface area contributed by atoms with E-state index in [1.165, 1.54) is 0 Å². The van der Waals surface area contributed by atoms with E-state index >= 15 is 0 Å². The molecule has 0 saturated carbocycles. The molecule has 104 valence electrons. The lowest BCUT2D eigenvalue weighted by Gasteiger charge is -2.17. The van der Waals surface area contributed by atoms with Gasteiger partial charge in [-0.3, -0.25) is 0 Å². The minimum absolute atomic E-state index is 0.300. The van der Waals surface area contributed by atoms with Crippen LogP contribution in [-0.2, 0) is 12.8 Å². The van der Waals surface area contributed by atoms with Gasteiger partial charge in [-0.15, -0.1) is 0 Å². The van der Waals surface area contributed by atoms with Crippen molar-refractivity contribution < 1.29 is 19.1 Å². The van der Waals surface area contributed by atoms with Crippen molar-refractivity contribution in [3.8, 4) is 11.5 Å². The molecule has 0 aliphatic carbocycles. The average Bonchev–Trinajstić information content (AvgIpc) is 2.32. The third kappa shape index (κ3) is 3.37. The van der Waals surface area contributed by atoms with Gasteiger partial charge in [0.2, 0.25) is 0 Å². The Bertz CT molecular complexity index is 512. The highest BCUT2D eigenvalue weighted by Crippen LogP contribution is 2.35. The molecule has 0 aromatic heterocycles. The van der Waals surface area contributed by atoms with Crippen LogP contribution < -0.4 is 20.9 Å². The first-order valence-electron chi connectivity index (χ1n) is 6.00. The number of hydrogen-bond acceptors (Lipinski definition) is 4. The van der Waals surface area contributed by atoms with E-state index in [1.54, 1.807) is 6.07 Å². The zero-order chi connectivity index (χ0) is 14.6. The molecule has 1 rings (SSSR count). The van der Waals surface area contributed by atoms with E-state index in [1.807, 2.05) is 20.8 Å². The van der Waals surface area contributed by atoms with E-state index in [2.05, 4.69) is 0 Å². The Balaban J connectivity index is 3.46. The largest absolute Gasteiger partial charge is 0.410 e. The van der Waals surface area contributed by atoms with Crippen LogP contribution in [0.3, 0.4) is 0 Å². The van der Waals surface area contributed by atoms with E-state index in [9.17, 15) is 9.59 Å². The lowest BCUT2D eigenvalue weighted by atomic mass is 9.99. The first-order chi connectivity index (χ1) is 8.90. The van der Waals surface area contributed by atoms with Crippen molar-refractivity contribution in [1.29, 1.82) is 0 Å². The smallest absolute Gasteiger partial charge is 0.409 e. The third-order valence-corrected chi connectivity index (χ3v) is 2.85. The number of ether oxygens (including phenoxy) is 2. The summed E-state index contributed by atoms with van der Waals surface area (Å²) in [6.07, 6.45) is -0.613. The Labute approximate surface area is 111 Å². The van der Waals surface area contributed by atoms with Crippen molar-refractivity contribution in [1.82, 2.24) is 0 Å². The quantitative estimate of drug-likeness (QED) is 0.869. The van der Waals surface area contributed by atoms with Gasteiger partial charge in [0, 0.05) is 5.56 Å². The van der Waals surface area contributed by atoms with Crippen LogP contribution in [0.5, 0.6) is 11.5 Å². The first kappa shape index (κ1) is 14.8. The summed E-state index contributed by atoms with van der Waals surface area (Å²) in [5.74, 6) is 0.638. The fourth-order valence-corrected chi connectivity index (χ4v) is 1.98. The fourth-order valence-electron chi connectivity index (χ4n) is 1.98. The maximum absolute atomic E-state index is 11.0. The summed E-state index contributed by atoms with van der Waals surface area (Å²) in [7, 11) is 0. The number of nitrogens with two attached hydrogens (primary N) is 2. The minimum Gasteiger partial charge on any atom is -0.410 e. The second-order valence-corrected chi connectivity index (χ2v) is 4.02. The average molecular weight is 266 g/mol. The standard InChI is InChI=1S/C13H18N2O4/c1-4-8-6-10(18-12(14)16)9(5-2)11(7(8)3)19-13(15)17/h6H,4-5H2,1-3H3,(H2,14,16)(H2,15,17). The fraction of sp³-hybridized carbons (Fsp3) is 0.385. The number of amides is 2. The minimum atomic E-state index is -0.911. The second-order valence-electron chi connectivity index (χ2n) is 4.02. The van der Waals surface area contributed by atoms with Gasteiger partial charge in [-0.25, -0.2) is 9.59 Å². The monoisotopic (exact) mass is 266 g/mol. The molecule has 0 fully saturated rings. The molecule has 0 saturated heterocycles. The van der Waals surface area contributed by atoms with Gasteiger partial charge in [0.1, 0.15) is 11.5 Å². The van der Waals surface area contributed by atoms with Gasteiger partial charge in [-0.05, 0) is 37.0 Å². The molecular formula is C13H18N2O4. The zero-order valence-corrected chi connectivity index (χ0v) is 11.3. The highest BCUT2D eigenvalue weighted by molar-refractivity contribution is 5.73. The lowest BCUT2D eigenvalue weighted by molar-refractivity contribution is 0.208. The third-order valence-electron chi connectivity index (χ3n) is 2.85.